The van der Waals surface area contributed by atoms with Gasteiger partial charge in [-0.3, -0.25) is 4.79 Å². The SMILES string of the molecule is O=CO[C@H]1C[C@H]2C[C@H]1[C@@H]1CCC[C@H]21. The van der Waals surface area contributed by atoms with Crippen molar-refractivity contribution in [1.82, 2.24) is 0 Å². The van der Waals surface area contributed by atoms with Gasteiger partial charge in [-0.2, -0.15) is 0 Å². The summed E-state index contributed by atoms with van der Waals surface area (Å²) in [5.74, 6) is 3.52. The maximum absolute atomic E-state index is 10.3. The first kappa shape index (κ1) is 7.84. The van der Waals surface area contributed by atoms with Crippen molar-refractivity contribution in [1.29, 1.82) is 0 Å². The average Bonchev–Trinajstić information content (AvgIpc) is 2.72. The summed E-state index contributed by atoms with van der Waals surface area (Å²) in [5.41, 5.74) is 0. The highest BCUT2D eigenvalue weighted by Crippen LogP contribution is 2.59. The Balaban J connectivity index is 1.77. The predicted octanol–water partition coefficient (Wildman–Crippen LogP) is 1.98. The molecule has 2 nitrogen and oxygen atoms in total. The monoisotopic (exact) mass is 180 g/mol. The molecule has 0 heterocycles. The quantitative estimate of drug-likeness (QED) is 0.607. The summed E-state index contributed by atoms with van der Waals surface area (Å²) in [6, 6.07) is 0. The molecule has 3 rings (SSSR count). The van der Waals surface area contributed by atoms with E-state index in [1.54, 1.807) is 0 Å². The molecule has 72 valence electrons. The molecule has 2 heteroatoms. The van der Waals surface area contributed by atoms with E-state index in [0.717, 1.165) is 30.1 Å². The van der Waals surface area contributed by atoms with E-state index >= 15 is 0 Å². The molecule has 3 aliphatic rings. The lowest BCUT2D eigenvalue weighted by Gasteiger charge is -2.30. The van der Waals surface area contributed by atoms with Crippen molar-refractivity contribution in [3.8, 4) is 0 Å². The standard InChI is InChI=1S/C11H16O2/c12-6-13-11-5-7-4-10(11)9-3-1-2-8(7)9/h6-11H,1-5H2/t7-,8-,9-,10+,11+/m1/s1. The minimum atomic E-state index is 0.279. The van der Waals surface area contributed by atoms with Crippen LogP contribution in [0.5, 0.6) is 0 Å². The van der Waals surface area contributed by atoms with Gasteiger partial charge in [0.25, 0.3) is 6.47 Å². The molecule has 0 unspecified atom stereocenters. The normalized spacial score (nSPS) is 52.2. The smallest absolute Gasteiger partial charge is 0.293 e. The first-order valence-corrected chi connectivity index (χ1v) is 5.49. The topological polar surface area (TPSA) is 26.3 Å². The molecule has 0 aliphatic heterocycles. The molecule has 0 N–H and O–H groups in total. The molecule has 0 aromatic rings. The van der Waals surface area contributed by atoms with Gasteiger partial charge in [-0.1, -0.05) is 6.42 Å². The second kappa shape index (κ2) is 2.73. The second-order valence-corrected chi connectivity index (χ2v) is 4.92. The molecule has 0 saturated heterocycles. The van der Waals surface area contributed by atoms with Crippen LogP contribution in [-0.4, -0.2) is 12.6 Å². The Labute approximate surface area is 78.6 Å². The Morgan fingerprint density at radius 1 is 1.08 bits per heavy atom. The summed E-state index contributed by atoms with van der Waals surface area (Å²) in [6.45, 7) is 0.648. The van der Waals surface area contributed by atoms with E-state index in [1.165, 1.54) is 25.7 Å². The minimum Gasteiger partial charge on any atom is -0.464 e. The lowest BCUT2D eigenvalue weighted by atomic mass is 9.80. The third kappa shape index (κ3) is 0.976. The van der Waals surface area contributed by atoms with Crippen LogP contribution >= 0.6 is 0 Å². The van der Waals surface area contributed by atoms with Crippen LogP contribution in [0.25, 0.3) is 0 Å². The van der Waals surface area contributed by atoms with Gasteiger partial charge < -0.3 is 4.74 Å². The van der Waals surface area contributed by atoms with E-state index in [2.05, 4.69) is 0 Å². The number of hydrogen-bond acceptors (Lipinski definition) is 2. The number of carbonyl (C=O) groups is 1. The Morgan fingerprint density at radius 2 is 1.92 bits per heavy atom. The van der Waals surface area contributed by atoms with Crippen LogP contribution in [0.2, 0.25) is 0 Å². The van der Waals surface area contributed by atoms with Crippen LogP contribution in [0, 0.1) is 23.7 Å². The fourth-order valence-electron chi connectivity index (χ4n) is 4.23. The average molecular weight is 180 g/mol. The Kier molecular flexibility index (Phi) is 1.64. The van der Waals surface area contributed by atoms with Gasteiger partial charge in [-0.25, -0.2) is 0 Å². The van der Waals surface area contributed by atoms with E-state index < -0.39 is 0 Å². The third-order valence-corrected chi connectivity index (χ3v) is 4.60. The van der Waals surface area contributed by atoms with Gasteiger partial charge in [0.1, 0.15) is 6.10 Å². The van der Waals surface area contributed by atoms with Gasteiger partial charge >= 0.3 is 0 Å². The molecule has 0 amide bonds. The lowest BCUT2D eigenvalue weighted by molar-refractivity contribution is -0.137. The van der Waals surface area contributed by atoms with E-state index in [9.17, 15) is 4.79 Å². The van der Waals surface area contributed by atoms with Gasteiger partial charge in [-0.05, 0) is 49.4 Å². The van der Waals surface area contributed by atoms with Crippen LogP contribution < -0.4 is 0 Å². The zero-order valence-corrected chi connectivity index (χ0v) is 7.82. The largest absolute Gasteiger partial charge is 0.464 e. The highest BCUT2D eigenvalue weighted by molar-refractivity contribution is 5.38. The molecule has 13 heavy (non-hydrogen) atoms. The van der Waals surface area contributed by atoms with Gasteiger partial charge in [0.15, 0.2) is 0 Å². The Morgan fingerprint density at radius 3 is 2.77 bits per heavy atom. The maximum atomic E-state index is 10.3. The lowest BCUT2D eigenvalue weighted by Crippen LogP contribution is -2.29. The highest BCUT2D eigenvalue weighted by Gasteiger charge is 2.54. The highest BCUT2D eigenvalue weighted by atomic mass is 16.5. The minimum absolute atomic E-state index is 0.279. The number of hydrogen-bond donors (Lipinski definition) is 0. The molecule has 0 spiro atoms. The number of carbonyl (C=O) groups excluding carboxylic acids is 1. The van der Waals surface area contributed by atoms with E-state index in [-0.39, 0.29) is 6.10 Å². The molecule has 3 saturated carbocycles. The van der Waals surface area contributed by atoms with Crippen molar-refractivity contribution >= 4 is 6.47 Å². The molecule has 0 radical (unpaired) electrons. The molecular formula is C11H16O2. The van der Waals surface area contributed by atoms with Crippen LogP contribution in [0.1, 0.15) is 32.1 Å². The fourth-order valence-corrected chi connectivity index (χ4v) is 4.23. The second-order valence-electron chi connectivity index (χ2n) is 4.92. The van der Waals surface area contributed by atoms with Crippen LogP contribution in [0.3, 0.4) is 0 Å². The van der Waals surface area contributed by atoms with Crippen molar-refractivity contribution in [2.45, 2.75) is 38.2 Å². The van der Waals surface area contributed by atoms with Gasteiger partial charge in [0.05, 0.1) is 0 Å². The van der Waals surface area contributed by atoms with E-state index in [4.69, 9.17) is 4.74 Å². The summed E-state index contributed by atoms with van der Waals surface area (Å²) in [5, 5.41) is 0. The van der Waals surface area contributed by atoms with Crippen molar-refractivity contribution in [3.63, 3.8) is 0 Å². The number of rotatable bonds is 2. The summed E-state index contributed by atoms with van der Waals surface area (Å²) in [6.07, 6.45) is 7.03. The zero-order chi connectivity index (χ0) is 8.84. The van der Waals surface area contributed by atoms with Crippen LogP contribution in [0.15, 0.2) is 0 Å². The molecule has 0 aromatic heterocycles. The van der Waals surface area contributed by atoms with Crippen LogP contribution in [0.4, 0.5) is 0 Å². The summed E-state index contributed by atoms with van der Waals surface area (Å²) < 4.78 is 5.16. The summed E-state index contributed by atoms with van der Waals surface area (Å²) in [7, 11) is 0. The number of fused-ring (bicyclic) bond motifs is 5. The number of ether oxygens (including phenoxy) is 1. The first-order chi connectivity index (χ1) is 6.40. The van der Waals surface area contributed by atoms with Gasteiger partial charge in [0.2, 0.25) is 0 Å². The molecule has 5 atom stereocenters. The molecule has 3 aliphatic carbocycles. The van der Waals surface area contributed by atoms with Crippen molar-refractivity contribution in [3.05, 3.63) is 0 Å². The van der Waals surface area contributed by atoms with Crippen molar-refractivity contribution in [2.75, 3.05) is 0 Å². The molecular weight excluding hydrogens is 164 g/mol. The molecule has 2 bridgehead atoms. The maximum Gasteiger partial charge on any atom is 0.293 e. The summed E-state index contributed by atoms with van der Waals surface area (Å²) in [4.78, 5) is 10.3. The van der Waals surface area contributed by atoms with E-state index in [1.807, 2.05) is 0 Å². The third-order valence-electron chi connectivity index (χ3n) is 4.60. The van der Waals surface area contributed by atoms with Crippen molar-refractivity contribution < 1.29 is 9.53 Å². The molecule has 0 aromatic carbocycles. The van der Waals surface area contributed by atoms with Crippen LogP contribution in [-0.2, 0) is 9.53 Å². The summed E-state index contributed by atoms with van der Waals surface area (Å²) >= 11 is 0. The Hall–Kier alpha value is -0.530. The fraction of sp³-hybridized carbons (Fsp3) is 0.909. The van der Waals surface area contributed by atoms with Gasteiger partial charge in [-0.15, -0.1) is 0 Å². The predicted molar refractivity (Wildman–Crippen MR) is 48.0 cm³/mol. The zero-order valence-electron chi connectivity index (χ0n) is 7.82. The molecule has 3 fully saturated rings. The van der Waals surface area contributed by atoms with E-state index in [0.29, 0.717) is 6.47 Å². The van der Waals surface area contributed by atoms with Crippen molar-refractivity contribution in [2.24, 2.45) is 23.7 Å². The first-order valence-electron chi connectivity index (χ1n) is 5.49. The Bertz CT molecular complexity index is 226. The van der Waals surface area contributed by atoms with Gasteiger partial charge in [0, 0.05) is 0 Å².